The third kappa shape index (κ3) is 3.32. The Labute approximate surface area is 150 Å². The molecule has 124 valence electrons. The molecule has 0 saturated carbocycles. The van der Waals surface area contributed by atoms with Gasteiger partial charge >= 0.3 is 0 Å². The number of nitrogen functional groups attached to an aromatic ring is 1. The SMILES string of the molecule is Nc1ccc2c(c1)C(=O)NC(c1cccc(Oc3ccccc3)c1)S2. The molecular formula is C20H16N2O2S. The van der Waals surface area contributed by atoms with Gasteiger partial charge in [-0.25, -0.2) is 0 Å². The van der Waals surface area contributed by atoms with Crippen molar-refractivity contribution in [2.24, 2.45) is 0 Å². The summed E-state index contributed by atoms with van der Waals surface area (Å²) in [5, 5.41) is 2.86. The molecule has 1 aliphatic rings. The normalized spacial score (nSPS) is 16.0. The van der Waals surface area contributed by atoms with Crippen molar-refractivity contribution in [1.82, 2.24) is 5.32 Å². The fraction of sp³-hybridized carbons (Fsp3) is 0.0500. The summed E-state index contributed by atoms with van der Waals surface area (Å²) in [6.07, 6.45) is 0. The molecule has 0 aromatic heterocycles. The second-order valence-corrected chi connectivity index (χ2v) is 6.86. The number of fused-ring (bicyclic) bond motifs is 1. The van der Waals surface area contributed by atoms with E-state index in [1.54, 1.807) is 17.8 Å². The first-order chi connectivity index (χ1) is 12.2. The number of carbonyl (C=O) groups is 1. The van der Waals surface area contributed by atoms with Gasteiger partial charge in [-0.1, -0.05) is 42.1 Å². The molecule has 0 aliphatic carbocycles. The van der Waals surface area contributed by atoms with Gasteiger partial charge < -0.3 is 15.8 Å². The number of hydrogen-bond donors (Lipinski definition) is 2. The molecule has 0 fully saturated rings. The van der Waals surface area contributed by atoms with E-state index < -0.39 is 0 Å². The minimum atomic E-state index is -0.164. The summed E-state index contributed by atoms with van der Waals surface area (Å²) in [5.41, 5.74) is 7.97. The number of amides is 1. The minimum absolute atomic E-state index is 0.111. The van der Waals surface area contributed by atoms with Crippen LogP contribution in [0.25, 0.3) is 0 Å². The Hall–Kier alpha value is -2.92. The van der Waals surface area contributed by atoms with Crippen LogP contribution in [0.15, 0.2) is 77.7 Å². The molecule has 0 saturated heterocycles. The molecule has 1 amide bonds. The smallest absolute Gasteiger partial charge is 0.253 e. The first kappa shape index (κ1) is 15.6. The van der Waals surface area contributed by atoms with Gasteiger partial charge in [0.15, 0.2) is 0 Å². The molecule has 5 heteroatoms. The summed E-state index contributed by atoms with van der Waals surface area (Å²) in [4.78, 5) is 13.3. The molecular weight excluding hydrogens is 332 g/mol. The maximum absolute atomic E-state index is 12.4. The molecule has 1 unspecified atom stereocenters. The van der Waals surface area contributed by atoms with Crippen LogP contribution in [0.4, 0.5) is 5.69 Å². The van der Waals surface area contributed by atoms with Gasteiger partial charge in [0.1, 0.15) is 16.9 Å². The fourth-order valence-corrected chi connectivity index (χ4v) is 3.83. The predicted octanol–water partition coefficient (Wildman–Crippen LogP) is 4.60. The highest BCUT2D eigenvalue weighted by Gasteiger charge is 2.26. The maximum Gasteiger partial charge on any atom is 0.253 e. The second kappa shape index (κ2) is 6.53. The van der Waals surface area contributed by atoms with Gasteiger partial charge in [0, 0.05) is 10.6 Å². The number of nitrogens with two attached hydrogens (primary N) is 1. The molecule has 3 aromatic carbocycles. The lowest BCUT2D eigenvalue weighted by molar-refractivity contribution is 0.0943. The quantitative estimate of drug-likeness (QED) is 0.679. The number of rotatable bonds is 3. The van der Waals surface area contributed by atoms with Crippen molar-refractivity contribution in [3.05, 3.63) is 83.9 Å². The van der Waals surface area contributed by atoms with Gasteiger partial charge in [-0.2, -0.15) is 0 Å². The minimum Gasteiger partial charge on any atom is -0.457 e. The Kier molecular flexibility index (Phi) is 4.07. The van der Waals surface area contributed by atoms with E-state index >= 15 is 0 Å². The Morgan fingerprint density at radius 3 is 2.56 bits per heavy atom. The molecule has 3 N–H and O–H groups in total. The van der Waals surface area contributed by atoms with Crippen LogP contribution in [-0.4, -0.2) is 5.91 Å². The number of nitrogens with one attached hydrogen (secondary N) is 1. The van der Waals surface area contributed by atoms with E-state index in [1.807, 2.05) is 66.7 Å². The first-order valence-corrected chi connectivity index (χ1v) is 8.77. The van der Waals surface area contributed by atoms with Crippen LogP contribution in [0.2, 0.25) is 0 Å². The van der Waals surface area contributed by atoms with E-state index in [9.17, 15) is 4.79 Å². The van der Waals surface area contributed by atoms with Crippen LogP contribution in [0.3, 0.4) is 0 Å². The lowest BCUT2D eigenvalue weighted by Crippen LogP contribution is -2.30. The highest BCUT2D eigenvalue weighted by atomic mass is 32.2. The van der Waals surface area contributed by atoms with Crippen molar-refractivity contribution in [2.45, 2.75) is 10.3 Å². The zero-order valence-electron chi connectivity index (χ0n) is 13.3. The van der Waals surface area contributed by atoms with Gasteiger partial charge in [0.25, 0.3) is 5.91 Å². The first-order valence-electron chi connectivity index (χ1n) is 7.89. The number of para-hydroxylation sites is 1. The lowest BCUT2D eigenvalue weighted by Gasteiger charge is -2.25. The average Bonchev–Trinajstić information content (AvgIpc) is 2.63. The third-order valence-electron chi connectivity index (χ3n) is 3.90. The van der Waals surface area contributed by atoms with E-state index in [-0.39, 0.29) is 11.3 Å². The topological polar surface area (TPSA) is 64.4 Å². The molecule has 4 rings (SSSR count). The van der Waals surface area contributed by atoms with Crippen molar-refractivity contribution in [2.75, 3.05) is 5.73 Å². The number of hydrogen-bond acceptors (Lipinski definition) is 4. The van der Waals surface area contributed by atoms with E-state index in [0.717, 1.165) is 22.0 Å². The van der Waals surface area contributed by atoms with Gasteiger partial charge in [-0.15, -0.1) is 0 Å². The molecule has 0 bridgehead atoms. The molecule has 1 heterocycles. The Balaban J connectivity index is 1.59. The zero-order valence-corrected chi connectivity index (χ0v) is 14.1. The van der Waals surface area contributed by atoms with Crippen LogP contribution in [-0.2, 0) is 0 Å². The number of thioether (sulfide) groups is 1. The van der Waals surface area contributed by atoms with E-state index in [1.165, 1.54) is 0 Å². The molecule has 25 heavy (non-hydrogen) atoms. The predicted molar refractivity (Wildman–Crippen MR) is 99.9 cm³/mol. The van der Waals surface area contributed by atoms with E-state index in [0.29, 0.717) is 11.3 Å². The standard InChI is InChI=1S/C20H16N2O2S/c21-14-9-10-18-17(12-14)19(23)22-20(25-18)13-5-4-8-16(11-13)24-15-6-2-1-3-7-15/h1-12,20H,21H2,(H,22,23). The van der Waals surface area contributed by atoms with Crippen molar-refractivity contribution >= 4 is 23.4 Å². The van der Waals surface area contributed by atoms with Crippen molar-refractivity contribution in [3.63, 3.8) is 0 Å². The molecule has 3 aromatic rings. The van der Waals surface area contributed by atoms with Crippen molar-refractivity contribution in [1.29, 1.82) is 0 Å². The number of anilines is 1. The summed E-state index contributed by atoms with van der Waals surface area (Å²) < 4.78 is 5.88. The average molecular weight is 348 g/mol. The second-order valence-electron chi connectivity index (χ2n) is 5.71. The summed E-state index contributed by atoms with van der Waals surface area (Å²) in [7, 11) is 0. The molecule has 0 radical (unpaired) electrons. The summed E-state index contributed by atoms with van der Waals surface area (Å²) in [6.45, 7) is 0. The van der Waals surface area contributed by atoms with Crippen LogP contribution in [0, 0.1) is 0 Å². The van der Waals surface area contributed by atoms with E-state index in [2.05, 4.69) is 5.32 Å². The fourth-order valence-electron chi connectivity index (χ4n) is 2.70. The van der Waals surface area contributed by atoms with Crippen molar-refractivity contribution < 1.29 is 9.53 Å². The Morgan fingerprint density at radius 2 is 1.72 bits per heavy atom. The summed E-state index contributed by atoms with van der Waals surface area (Å²) >= 11 is 1.59. The highest BCUT2D eigenvalue weighted by molar-refractivity contribution is 7.99. The molecule has 0 spiro atoms. The third-order valence-corrected chi connectivity index (χ3v) is 5.13. The molecule has 1 atom stereocenters. The maximum atomic E-state index is 12.4. The summed E-state index contributed by atoms with van der Waals surface area (Å²) in [5.74, 6) is 1.41. The van der Waals surface area contributed by atoms with Gasteiger partial charge in [-0.05, 0) is 48.0 Å². The highest BCUT2D eigenvalue weighted by Crippen LogP contribution is 2.40. The zero-order chi connectivity index (χ0) is 17.2. The summed E-state index contributed by atoms with van der Waals surface area (Å²) in [6, 6.07) is 22.8. The largest absolute Gasteiger partial charge is 0.457 e. The van der Waals surface area contributed by atoms with Crippen LogP contribution >= 0.6 is 11.8 Å². The monoisotopic (exact) mass is 348 g/mol. The number of benzene rings is 3. The van der Waals surface area contributed by atoms with Gasteiger partial charge in [0.2, 0.25) is 0 Å². The van der Waals surface area contributed by atoms with Crippen LogP contribution < -0.4 is 15.8 Å². The van der Waals surface area contributed by atoms with Crippen LogP contribution in [0.5, 0.6) is 11.5 Å². The van der Waals surface area contributed by atoms with E-state index in [4.69, 9.17) is 10.5 Å². The Bertz CT molecular complexity index is 928. The molecule has 1 aliphatic heterocycles. The lowest BCUT2D eigenvalue weighted by atomic mass is 10.1. The van der Waals surface area contributed by atoms with Gasteiger partial charge in [0.05, 0.1) is 5.56 Å². The number of carbonyl (C=O) groups excluding carboxylic acids is 1. The van der Waals surface area contributed by atoms with Crippen molar-refractivity contribution in [3.8, 4) is 11.5 Å². The Morgan fingerprint density at radius 1 is 0.920 bits per heavy atom. The van der Waals surface area contributed by atoms with Crippen LogP contribution in [0.1, 0.15) is 21.3 Å². The number of ether oxygens (including phenoxy) is 1. The van der Waals surface area contributed by atoms with Gasteiger partial charge in [-0.3, -0.25) is 4.79 Å². The molecule has 4 nitrogen and oxygen atoms in total.